The Bertz CT molecular complexity index is 836. The van der Waals surface area contributed by atoms with Gasteiger partial charge in [0.15, 0.2) is 6.61 Å². The van der Waals surface area contributed by atoms with E-state index in [4.69, 9.17) is 4.74 Å². The molecule has 0 radical (unpaired) electrons. The maximum Gasteiger partial charge on any atom is 0.258 e. The van der Waals surface area contributed by atoms with E-state index in [-0.39, 0.29) is 29.5 Å². The van der Waals surface area contributed by atoms with Gasteiger partial charge in [-0.2, -0.15) is 0 Å². The molecule has 0 saturated carbocycles. The van der Waals surface area contributed by atoms with Gasteiger partial charge in [-0.1, -0.05) is 37.3 Å². The lowest BCUT2D eigenvalue weighted by Crippen LogP contribution is -2.35. The SMILES string of the molecule is CC[C@H](C)NC(=O)COc1ccc(S(=O)(=O)N[C@@H](C)c2ccccc2)cc1. The number of amides is 1. The van der Waals surface area contributed by atoms with Crippen molar-refractivity contribution in [3.05, 3.63) is 60.2 Å². The second kappa shape index (κ2) is 9.53. The molecular formula is C20H26N2O4S. The van der Waals surface area contributed by atoms with Crippen LogP contribution in [0.5, 0.6) is 5.75 Å². The highest BCUT2D eigenvalue weighted by atomic mass is 32.2. The van der Waals surface area contributed by atoms with Crippen molar-refractivity contribution in [3.63, 3.8) is 0 Å². The number of hydrogen-bond acceptors (Lipinski definition) is 4. The summed E-state index contributed by atoms with van der Waals surface area (Å²) in [5.41, 5.74) is 0.883. The smallest absolute Gasteiger partial charge is 0.258 e. The average molecular weight is 391 g/mol. The third-order valence-electron chi connectivity index (χ3n) is 4.16. The van der Waals surface area contributed by atoms with Crippen molar-refractivity contribution in [2.24, 2.45) is 0 Å². The van der Waals surface area contributed by atoms with Crippen molar-refractivity contribution in [2.75, 3.05) is 6.61 Å². The van der Waals surface area contributed by atoms with E-state index in [0.29, 0.717) is 5.75 Å². The maximum atomic E-state index is 12.5. The summed E-state index contributed by atoms with van der Waals surface area (Å²) in [5, 5.41) is 2.80. The standard InChI is InChI=1S/C20H26N2O4S/c1-4-15(2)21-20(23)14-26-18-10-12-19(13-11-18)27(24,25)22-16(3)17-8-6-5-7-9-17/h5-13,15-16,22H,4,14H2,1-3H3,(H,21,23)/t15-,16-/m0/s1. The van der Waals surface area contributed by atoms with Gasteiger partial charge in [0.1, 0.15) is 5.75 Å². The Labute approximate surface area is 161 Å². The highest BCUT2D eigenvalue weighted by Gasteiger charge is 2.18. The van der Waals surface area contributed by atoms with Crippen LogP contribution >= 0.6 is 0 Å². The molecule has 2 rings (SSSR count). The monoisotopic (exact) mass is 390 g/mol. The predicted octanol–water partition coefficient (Wildman–Crippen LogP) is 3.02. The second-order valence-corrected chi connectivity index (χ2v) is 8.10. The molecule has 1 amide bonds. The van der Waals surface area contributed by atoms with Gasteiger partial charge in [-0.25, -0.2) is 13.1 Å². The van der Waals surface area contributed by atoms with Gasteiger partial charge in [0.2, 0.25) is 10.0 Å². The second-order valence-electron chi connectivity index (χ2n) is 6.39. The van der Waals surface area contributed by atoms with Crippen molar-refractivity contribution in [1.29, 1.82) is 0 Å². The summed E-state index contributed by atoms with van der Waals surface area (Å²) in [5.74, 6) is 0.226. The van der Waals surface area contributed by atoms with Crippen LogP contribution in [-0.2, 0) is 14.8 Å². The van der Waals surface area contributed by atoms with Gasteiger partial charge in [0.25, 0.3) is 5.91 Å². The summed E-state index contributed by atoms with van der Waals surface area (Å²) < 4.78 is 33.1. The highest BCUT2D eigenvalue weighted by molar-refractivity contribution is 7.89. The fourth-order valence-electron chi connectivity index (χ4n) is 2.39. The summed E-state index contributed by atoms with van der Waals surface area (Å²) in [7, 11) is -3.66. The van der Waals surface area contributed by atoms with Crippen LogP contribution in [0.4, 0.5) is 0 Å². The first-order chi connectivity index (χ1) is 12.8. The van der Waals surface area contributed by atoms with E-state index in [1.54, 1.807) is 6.92 Å². The molecule has 0 aliphatic carbocycles. The lowest BCUT2D eigenvalue weighted by molar-refractivity contribution is -0.123. The molecule has 2 aromatic carbocycles. The average Bonchev–Trinajstić information content (AvgIpc) is 2.67. The number of benzene rings is 2. The zero-order valence-electron chi connectivity index (χ0n) is 15.8. The Balaban J connectivity index is 1.96. The Morgan fingerprint density at radius 3 is 2.26 bits per heavy atom. The molecule has 146 valence electrons. The van der Waals surface area contributed by atoms with Crippen molar-refractivity contribution in [1.82, 2.24) is 10.0 Å². The first-order valence-corrected chi connectivity index (χ1v) is 10.4. The predicted molar refractivity (Wildman–Crippen MR) is 105 cm³/mol. The third-order valence-corrected chi connectivity index (χ3v) is 5.71. The minimum Gasteiger partial charge on any atom is -0.484 e. The van der Waals surface area contributed by atoms with Crippen LogP contribution < -0.4 is 14.8 Å². The van der Waals surface area contributed by atoms with E-state index in [9.17, 15) is 13.2 Å². The fraction of sp³-hybridized carbons (Fsp3) is 0.350. The largest absolute Gasteiger partial charge is 0.484 e. The first kappa shape index (κ1) is 20.9. The normalized spacial score (nSPS) is 13.6. The number of carbonyl (C=O) groups is 1. The van der Waals surface area contributed by atoms with Crippen LogP contribution in [0, 0.1) is 0 Å². The van der Waals surface area contributed by atoms with Gasteiger partial charge < -0.3 is 10.1 Å². The fourth-order valence-corrected chi connectivity index (χ4v) is 3.62. The van der Waals surface area contributed by atoms with E-state index >= 15 is 0 Å². The molecule has 27 heavy (non-hydrogen) atoms. The molecule has 2 atom stereocenters. The summed E-state index contributed by atoms with van der Waals surface area (Å²) in [4.78, 5) is 11.9. The number of carbonyl (C=O) groups excluding carboxylic acids is 1. The molecule has 7 heteroatoms. The van der Waals surface area contributed by atoms with Crippen LogP contribution in [0.1, 0.15) is 38.8 Å². The summed E-state index contributed by atoms with van der Waals surface area (Å²) in [6.45, 7) is 5.58. The van der Waals surface area contributed by atoms with Crippen molar-refractivity contribution in [3.8, 4) is 5.75 Å². The summed E-state index contributed by atoms with van der Waals surface area (Å²) in [6.07, 6.45) is 0.840. The molecule has 0 heterocycles. The number of ether oxygens (including phenoxy) is 1. The molecule has 2 N–H and O–H groups in total. The van der Waals surface area contributed by atoms with E-state index < -0.39 is 10.0 Å². The minimum absolute atomic E-state index is 0.0892. The lowest BCUT2D eigenvalue weighted by atomic mass is 10.1. The highest BCUT2D eigenvalue weighted by Crippen LogP contribution is 2.19. The third kappa shape index (κ3) is 6.37. The molecule has 0 aliphatic heterocycles. The lowest BCUT2D eigenvalue weighted by Gasteiger charge is -2.15. The number of nitrogens with one attached hydrogen (secondary N) is 2. The van der Waals surface area contributed by atoms with Crippen molar-refractivity contribution < 1.29 is 17.9 Å². The van der Waals surface area contributed by atoms with Gasteiger partial charge in [0, 0.05) is 12.1 Å². The van der Waals surface area contributed by atoms with Gasteiger partial charge in [-0.05, 0) is 50.1 Å². The molecular weight excluding hydrogens is 364 g/mol. The van der Waals surface area contributed by atoms with E-state index in [0.717, 1.165) is 12.0 Å². The zero-order valence-corrected chi connectivity index (χ0v) is 16.6. The molecule has 0 unspecified atom stereocenters. The Morgan fingerprint density at radius 2 is 1.67 bits per heavy atom. The summed E-state index contributed by atoms with van der Waals surface area (Å²) >= 11 is 0. The van der Waals surface area contributed by atoms with Crippen molar-refractivity contribution in [2.45, 2.75) is 44.2 Å². The van der Waals surface area contributed by atoms with Crippen LogP contribution in [0.15, 0.2) is 59.5 Å². The summed E-state index contributed by atoms with van der Waals surface area (Å²) in [6, 6.07) is 15.1. The molecule has 0 bridgehead atoms. The van der Waals surface area contributed by atoms with E-state index in [1.165, 1.54) is 24.3 Å². The molecule has 0 aliphatic rings. The molecule has 6 nitrogen and oxygen atoms in total. The van der Waals surface area contributed by atoms with E-state index in [1.807, 2.05) is 44.2 Å². The maximum absolute atomic E-state index is 12.5. The quantitative estimate of drug-likeness (QED) is 0.689. The van der Waals surface area contributed by atoms with Crippen LogP contribution in [0.2, 0.25) is 0 Å². The number of sulfonamides is 1. The number of hydrogen-bond donors (Lipinski definition) is 2. The van der Waals surface area contributed by atoms with Gasteiger partial charge in [-0.15, -0.1) is 0 Å². The minimum atomic E-state index is -3.66. The van der Waals surface area contributed by atoms with Crippen LogP contribution in [0.3, 0.4) is 0 Å². The van der Waals surface area contributed by atoms with E-state index in [2.05, 4.69) is 10.0 Å². The Morgan fingerprint density at radius 1 is 1.04 bits per heavy atom. The molecule has 0 saturated heterocycles. The topological polar surface area (TPSA) is 84.5 Å². The van der Waals surface area contributed by atoms with Crippen LogP contribution in [-0.4, -0.2) is 27.0 Å². The number of rotatable bonds is 9. The Hall–Kier alpha value is -2.38. The van der Waals surface area contributed by atoms with Crippen molar-refractivity contribution >= 4 is 15.9 Å². The van der Waals surface area contributed by atoms with Crippen LogP contribution in [0.25, 0.3) is 0 Å². The van der Waals surface area contributed by atoms with Gasteiger partial charge >= 0.3 is 0 Å². The molecule has 0 fully saturated rings. The first-order valence-electron chi connectivity index (χ1n) is 8.91. The van der Waals surface area contributed by atoms with Gasteiger partial charge in [-0.3, -0.25) is 4.79 Å². The molecule has 2 aromatic rings. The Kier molecular flexibility index (Phi) is 7.38. The zero-order chi connectivity index (χ0) is 19.9. The van der Waals surface area contributed by atoms with Gasteiger partial charge in [0.05, 0.1) is 4.90 Å². The molecule has 0 spiro atoms. The molecule has 0 aromatic heterocycles.